The van der Waals surface area contributed by atoms with Crippen LogP contribution in [0.25, 0.3) is 53.8 Å². The van der Waals surface area contributed by atoms with Crippen molar-refractivity contribution in [3.8, 4) is 0 Å². The van der Waals surface area contributed by atoms with Gasteiger partial charge in [0.15, 0.2) is 0 Å². The molecule has 10 rings (SSSR count). The van der Waals surface area contributed by atoms with Crippen molar-refractivity contribution < 1.29 is 4.42 Å². The topological polar surface area (TPSA) is 222 Å². The number of nitrogens with zero attached hydrogens (tertiary/aromatic N) is 8. The first-order chi connectivity index (χ1) is 33.6. The largest absolute Gasteiger partial charge is 0.460 e. The number of hydrogen-bond acceptors (Lipinski definition) is 12. The third kappa shape index (κ3) is 16.2. The molecule has 0 atom stereocenters. The fraction of sp³-hybridized carbons (Fsp3) is 0.444. The number of nitrogen functional groups attached to an aromatic ring is 5. The number of hydrogen-bond donors (Lipinski definition) is 5. The van der Waals surface area contributed by atoms with E-state index in [-0.39, 0.29) is 64.2 Å². The Kier molecular flexibility index (Phi) is 22.6. The van der Waals surface area contributed by atoms with Crippen molar-refractivity contribution in [1.82, 2.24) is 38.6 Å². The van der Waals surface area contributed by atoms with Crippen molar-refractivity contribution in [1.29, 1.82) is 0 Å². The molecule has 0 aliphatic rings. The minimum absolute atomic E-state index is 0. The van der Waals surface area contributed by atoms with Crippen LogP contribution in [0.4, 0.5) is 29.1 Å². The van der Waals surface area contributed by atoms with Gasteiger partial charge in [-0.25, -0.2) is 24.9 Å². The molecule has 0 saturated heterocycles. The van der Waals surface area contributed by atoms with Crippen LogP contribution in [0.15, 0.2) is 96.1 Å². The Morgan fingerprint density at radius 2 is 0.667 bits per heavy atom. The molecule has 0 fully saturated rings. The van der Waals surface area contributed by atoms with Crippen LogP contribution in [-0.2, 0) is 48.2 Å². The van der Waals surface area contributed by atoms with E-state index in [1.54, 1.807) is 23.6 Å². The molecule has 78 heavy (non-hydrogen) atoms. The smallest absolute Gasteiger partial charge is 0.139 e. The Labute approximate surface area is 472 Å². The molecule has 428 valence electrons. The molecule has 10 aromatic rings. The summed E-state index contributed by atoms with van der Waals surface area (Å²) < 4.78 is 13.5. The molecule has 0 aliphatic carbocycles. The van der Waals surface area contributed by atoms with Crippen LogP contribution in [0.1, 0.15) is 169 Å². The summed E-state index contributed by atoms with van der Waals surface area (Å²) in [5, 5.41) is 5.64. The molecule has 14 nitrogen and oxygen atoms in total. The van der Waals surface area contributed by atoms with E-state index in [4.69, 9.17) is 33.1 Å². The lowest BCUT2D eigenvalue weighted by molar-refractivity contribution is 0.430. The van der Waals surface area contributed by atoms with Crippen molar-refractivity contribution in [2.75, 3.05) is 28.7 Å². The molecular weight excluding hydrogens is 987 g/mol. The normalized spacial score (nSPS) is 11.5. The predicted octanol–water partition coefficient (Wildman–Crippen LogP) is 16.4. The van der Waals surface area contributed by atoms with E-state index >= 15 is 0 Å². The number of rotatable bonds is 0. The quantitative estimate of drug-likeness (QED) is 0.0961. The van der Waals surface area contributed by atoms with Gasteiger partial charge in [-0.3, -0.25) is 0 Å². The third-order valence-electron chi connectivity index (χ3n) is 12.5. The maximum absolute atomic E-state index is 5.69. The Hall–Kier alpha value is -7.13. The van der Waals surface area contributed by atoms with Gasteiger partial charge < -0.3 is 46.8 Å². The summed E-state index contributed by atoms with van der Waals surface area (Å²) in [6, 6.07) is 20.2. The fourth-order valence-electron chi connectivity index (χ4n) is 8.53. The summed E-state index contributed by atoms with van der Waals surface area (Å²) >= 11 is 1.80. The number of nitrogens with two attached hydrogens (primary N) is 5. The Bertz CT molecular complexity index is 3220. The van der Waals surface area contributed by atoms with Crippen LogP contribution in [0, 0.1) is 0 Å². The van der Waals surface area contributed by atoms with Gasteiger partial charge in [-0.2, -0.15) is 0 Å². The number of anilines is 5. The molecule has 0 bridgehead atoms. The maximum Gasteiger partial charge on any atom is 0.139 e. The summed E-state index contributed by atoms with van der Waals surface area (Å²) in [4.78, 5) is 21.8. The fourth-order valence-corrected chi connectivity index (χ4v) is 9.67. The zero-order valence-electron chi connectivity index (χ0n) is 46.4. The maximum atomic E-state index is 5.69. The second-order valence-electron chi connectivity index (χ2n) is 24.0. The number of aromatic nitrogens is 8. The molecule has 0 amide bonds. The number of fused-ring (bicyclic) bond motifs is 5. The van der Waals surface area contributed by atoms with E-state index < -0.39 is 0 Å². The second kappa shape index (κ2) is 25.6. The highest BCUT2D eigenvalue weighted by Crippen LogP contribution is 2.35. The summed E-state index contributed by atoms with van der Waals surface area (Å²) in [5.41, 5.74) is 37.1. The van der Waals surface area contributed by atoms with Crippen molar-refractivity contribution in [2.24, 2.45) is 21.1 Å². The molecule has 0 spiro atoms. The molecule has 0 unspecified atom stereocenters. The lowest BCUT2D eigenvalue weighted by Gasteiger charge is -2.19. The van der Waals surface area contributed by atoms with Crippen molar-refractivity contribution in [3.05, 3.63) is 119 Å². The highest BCUT2D eigenvalue weighted by molar-refractivity contribution is 7.19. The standard InChI is InChI=1S/3C12H17N3.C11H14N2O.C11H14N2S.5CH4/c3*1-12(2,3)10-5-8-7-14-11(13)6-9(8)15(10)4;2*1-11(2,3)9-4-7-6-13-10(12)5-8(7)14-9;;;;;/h3*5-7H,1-4H3,(H2,13,14);2*4-6H,1-3H3,(H2,12,13);5*1H4. The van der Waals surface area contributed by atoms with Crippen LogP contribution in [0.5, 0.6) is 0 Å². The molecule has 10 N–H and O–H groups in total. The van der Waals surface area contributed by atoms with Gasteiger partial charge in [0, 0.05) is 152 Å². The second-order valence-corrected chi connectivity index (χ2v) is 25.1. The van der Waals surface area contributed by atoms with E-state index in [2.05, 4.69) is 188 Å². The lowest BCUT2D eigenvalue weighted by Crippen LogP contribution is -2.15. The summed E-state index contributed by atoms with van der Waals surface area (Å²) in [6.07, 6.45) is 9.08. The average molecular weight is 1090 g/mol. The van der Waals surface area contributed by atoms with Gasteiger partial charge in [0.1, 0.15) is 40.4 Å². The molecule has 0 aromatic carbocycles. The minimum atomic E-state index is 0. The number of thiophene rings is 1. The van der Waals surface area contributed by atoms with Gasteiger partial charge >= 0.3 is 0 Å². The molecule has 15 heteroatoms. The SMILES string of the molecule is C.C.C.C.C.CC(C)(C)c1cc2cnc(N)cc2o1.CC(C)(C)c1cc2cnc(N)cc2s1.Cn1c(C(C)(C)C)cc2cnc(N)cc21.Cn1c(C(C)(C)C)cc2cnc(N)cc21.Cn1c(C(C)(C)C)cc2cnc(N)cc21. The average Bonchev–Trinajstić information content (AvgIpc) is 4.10. The monoisotopic (exact) mass is 1090 g/mol. The van der Waals surface area contributed by atoms with E-state index in [1.165, 1.54) is 32.0 Å². The number of furan rings is 1. The van der Waals surface area contributed by atoms with E-state index in [0.29, 0.717) is 29.1 Å². The molecule has 0 radical (unpaired) electrons. The van der Waals surface area contributed by atoms with Gasteiger partial charge in [0.05, 0.1) is 16.6 Å². The van der Waals surface area contributed by atoms with Crippen molar-refractivity contribution in [2.45, 2.75) is 168 Å². The highest BCUT2D eigenvalue weighted by Gasteiger charge is 2.23. The first kappa shape index (κ1) is 68.9. The van der Waals surface area contributed by atoms with Gasteiger partial charge in [-0.1, -0.05) is 141 Å². The van der Waals surface area contributed by atoms with Crippen molar-refractivity contribution in [3.63, 3.8) is 0 Å². The zero-order valence-corrected chi connectivity index (χ0v) is 47.3. The van der Waals surface area contributed by atoms with Gasteiger partial charge in [-0.15, -0.1) is 11.3 Å². The first-order valence-corrected chi connectivity index (χ1v) is 25.4. The van der Waals surface area contributed by atoms with Crippen LogP contribution < -0.4 is 28.7 Å². The minimum Gasteiger partial charge on any atom is -0.460 e. The lowest BCUT2D eigenvalue weighted by atomic mass is 9.92. The predicted molar refractivity (Wildman–Crippen MR) is 345 cm³/mol. The molecule has 0 saturated carbocycles. The highest BCUT2D eigenvalue weighted by atomic mass is 32.1. The van der Waals surface area contributed by atoms with E-state index in [0.717, 1.165) is 49.4 Å². The van der Waals surface area contributed by atoms with Crippen LogP contribution in [-0.4, -0.2) is 38.6 Å². The Balaban J connectivity index is 0.000000480. The summed E-state index contributed by atoms with van der Waals surface area (Å²) in [5.74, 6) is 3.77. The molecular formula is C63H99N13OS. The van der Waals surface area contributed by atoms with Crippen LogP contribution in [0.3, 0.4) is 0 Å². The van der Waals surface area contributed by atoms with E-state index in [1.807, 2.05) is 55.1 Å². The van der Waals surface area contributed by atoms with Crippen LogP contribution in [0.2, 0.25) is 0 Å². The third-order valence-corrected chi connectivity index (χ3v) is 14.0. The summed E-state index contributed by atoms with van der Waals surface area (Å²) in [6.45, 7) is 32.8. The molecule has 10 heterocycles. The van der Waals surface area contributed by atoms with Crippen molar-refractivity contribution >= 4 is 94.2 Å². The first-order valence-electron chi connectivity index (χ1n) is 24.6. The zero-order chi connectivity index (χ0) is 54.3. The number of aryl methyl sites for hydroxylation is 3. The van der Waals surface area contributed by atoms with Gasteiger partial charge in [-0.05, 0) is 41.8 Å². The van der Waals surface area contributed by atoms with Crippen LogP contribution >= 0.6 is 11.3 Å². The van der Waals surface area contributed by atoms with Gasteiger partial charge in [0.2, 0.25) is 0 Å². The Morgan fingerprint density at radius 1 is 0.359 bits per heavy atom. The van der Waals surface area contributed by atoms with Gasteiger partial charge in [0.25, 0.3) is 0 Å². The Morgan fingerprint density at radius 3 is 0.987 bits per heavy atom. The molecule has 10 aromatic heterocycles. The summed E-state index contributed by atoms with van der Waals surface area (Å²) in [7, 11) is 6.22. The van der Waals surface area contributed by atoms with E-state index in [9.17, 15) is 0 Å². The number of pyridine rings is 5. The molecule has 0 aliphatic heterocycles.